The van der Waals surface area contributed by atoms with Gasteiger partial charge in [0, 0.05) is 18.0 Å². The van der Waals surface area contributed by atoms with Gasteiger partial charge >= 0.3 is 0 Å². The lowest BCUT2D eigenvalue weighted by molar-refractivity contribution is 0.0826. The van der Waals surface area contributed by atoms with Crippen LogP contribution in [0.1, 0.15) is 45.6 Å². The van der Waals surface area contributed by atoms with Gasteiger partial charge in [-0.2, -0.15) is 0 Å². The molecule has 1 aromatic rings. The van der Waals surface area contributed by atoms with Crippen molar-refractivity contribution in [1.82, 2.24) is 5.32 Å². The summed E-state index contributed by atoms with van der Waals surface area (Å²) in [4.78, 5) is 0. The second-order valence-corrected chi connectivity index (χ2v) is 7.25. The molecule has 0 amide bonds. The smallest absolute Gasteiger partial charge is 0.165 e. The van der Waals surface area contributed by atoms with Crippen molar-refractivity contribution in [2.75, 3.05) is 7.05 Å². The van der Waals surface area contributed by atoms with Gasteiger partial charge in [0.2, 0.25) is 0 Å². The summed E-state index contributed by atoms with van der Waals surface area (Å²) >= 11 is 0. The van der Waals surface area contributed by atoms with E-state index in [1.54, 1.807) is 0 Å². The largest absolute Gasteiger partial charge is 0.485 e. The van der Waals surface area contributed by atoms with Crippen molar-refractivity contribution in [2.45, 2.75) is 64.2 Å². The molecule has 1 saturated carbocycles. The van der Waals surface area contributed by atoms with Crippen LogP contribution < -0.4 is 14.8 Å². The van der Waals surface area contributed by atoms with Gasteiger partial charge in [-0.1, -0.05) is 19.1 Å². The molecule has 116 valence electrons. The molecule has 1 heterocycles. The predicted octanol–water partition coefficient (Wildman–Crippen LogP) is 3.56. The molecule has 2 aliphatic rings. The number of fused-ring (bicyclic) bond motifs is 1. The van der Waals surface area contributed by atoms with Gasteiger partial charge in [0.05, 0.1) is 0 Å². The third kappa shape index (κ3) is 3.03. The van der Waals surface area contributed by atoms with Crippen molar-refractivity contribution in [1.29, 1.82) is 0 Å². The first-order valence-electron chi connectivity index (χ1n) is 8.13. The molecule has 0 radical (unpaired) electrons. The zero-order valence-electron chi connectivity index (χ0n) is 13.6. The topological polar surface area (TPSA) is 30.5 Å². The van der Waals surface area contributed by atoms with Crippen LogP contribution in [0, 0.1) is 5.92 Å². The van der Waals surface area contributed by atoms with Gasteiger partial charge in [0.15, 0.2) is 11.5 Å². The maximum Gasteiger partial charge on any atom is 0.165 e. The minimum absolute atomic E-state index is 0.121. The SMILES string of the molecule is CNC1CCC(C)CC1Oc1cccc2c1OC(C)(C)C2. The molecule has 3 rings (SSSR count). The van der Waals surface area contributed by atoms with E-state index in [1.807, 2.05) is 13.1 Å². The molecule has 1 aliphatic carbocycles. The average molecular weight is 289 g/mol. The highest BCUT2D eigenvalue weighted by atomic mass is 16.5. The first kappa shape index (κ1) is 14.7. The van der Waals surface area contributed by atoms with Crippen LogP contribution >= 0.6 is 0 Å². The summed E-state index contributed by atoms with van der Waals surface area (Å²) in [7, 11) is 2.03. The van der Waals surface area contributed by atoms with Gasteiger partial charge in [-0.3, -0.25) is 0 Å². The molecule has 3 heteroatoms. The van der Waals surface area contributed by atoms with Crippen LogP contribution in [-0.2, 0) is 6.42 Å². The van der Waals surface area contributed by atoms with Crippen LogP contribution in [0.25, 0.3) is 0 Å². The maximum absolute atomic E-state index is 6.38. The van der Waals surface area contributed by atoms with E-state index < -0.39 is 0 Å². The highest BCUT2D eigenvalue weighted by molar-refractivity contribution is 5.50. The van der Waals surface area contributed by atoms with E-state index in [-0.39, 0.29) is 11.7 Å². The molecule has 0 saturated heterocycles. The van der Waals surface area contributed by atoms with E-state index in [0.717, 1.165) is 30.3 Å². The normalized spacial score (nSPS) is 30.6. The summed E-state index contributed by atoms with van der Waals surface area (Å²) in [6.07, 6.45) is 4.76. The number of para-hydroxylation sites is 1. The molecule has 0 spiro atoms. The van der Waals surface area contributed by atoms with Gasteiger partial charge in [-0.15, -0.1) is 0 Å². The molecule has 3 nitrogen and oxygen atoms in total. The average Bonchev–Trinajstić information content (AvgIpc) is 2.74. The molecule has 1 fully saturated rings. The Balaban J connectivity index is 1.81. The van der Waals surface area contributed by atoms with Gasteiger partial charge < -0.3 is 14.8 Å². The lowest BCUT2D eigenvalue weighted by atomic mass is 9.85. The Hall–Kier alpha value is -1.22. The summed E-state index contributed by atoms with van der Waals surface area (Å²) < 4.78 is 12.5. The second kappa shape index (κ2) is 5.53. The molecule has 3 atom stereocenters. The Morgan fingerprint density at radius 2 is 2.10 bits per heavy atom. The molecular weight excluding hydrogens is 262 g/mol. The summed E-state index contributed by atoms with van der Waals surface area (Å²) in [5.41, 5.74) is 1.15. The van der Waals surface area contributed by atoms with Crippen molar-refractivity contribution >= 4 is 0 Å². The van der Waals surface area contributed by atoms with Crippen LogP contribution in [0.3, 0.4) is 0 Å². The van der Waals surface area contributed by atoms with E-state index in [4.69, 9.17) is 9.47 Å². The third-order valence-corrected chi connectivity index (χ3v) is 4.76. The molecule has 1 aliphatic heterocycles. The van der Waals surface area contributed by atoms with Crippen LogP contribution in [0.15, 0.2) is 18.2 Å². The van der Waals surface area contributed by atoms with Gasteiger partial charge in [0.25, 0.3) is 0 Å². The van der Waals surface area contributed by atoms with Gasteiger partial charge in [-0.05, 0) is 52.1 Å². The molecule has 0 aromatic heterocycles. The summed E-state index contributed by atoms with van der Waals surface area (Å²) in [5, 5.41) is 3.41. The molecule has 3 unspecified atom stereocenters. The van der Waals surface area contributed by atoms with Crippen LogP contribution in [0.2, 0.25) is 0 Å². The fourth-order valence-electron chi connectivity index (χ4n) is 3.63. The molecule has 0 bridgehead atoms. The Morgan fingerprint density at radius 1 is 1.29 bits per heavy atom. The number of hydrogen-bond acceptors (Lipinski definition) is 3. The number of benzene rings is 1. The lowest BCUT2D eigenvalue weighted by Gasteiger charge is -2.35. The lowest BCUT2D eigenvalue weighted by Crippen LogP contribution is -2.45. The first-order valence-corrected chi connectivity index (χ1v) is 8.13. The van der Waals surface area contributed by atoms with Crippen LogP contribution in [0.5, 0.6) is 11.5 Å². The summed E-state index contributed by atoms with van der Waals surface area (Å²) in [5.74, 6) is 2.60. The minimum Gasteiger partial charge on any atom is -0.485 e. The van der Waals surface area contributed by atoms with Crippen molar-refractivity contribution < 1.29 is 9.47 Å². The van der Waals surface area contributed by atoms with E-state index in [2.05, 4.69) is 38.2 Å². The number of nitrogens with one attached hydrogen (secondary N) is 1. The van der Waals surface area contributed by atoms with Gasteiger partial charge in [0.1, 0.15) is 11.7 Å². The van der Waals surface area contributed by atoms with Gasteiger partial charge in [-0.25, -0.2) is 0 Å². The number of likely N-dealkylation sites (N-methyl/N-ethyl adjacent to an activating group) is 1. The van der Waals surface area contributed by atoms with Crippen LogP contribution in [-0.4, -0.2) is 24.8 Å². The van der Waals surface area contributed by atoms with E-state index in [9.17, 15) is 0 Å². The zero-order valence-corrected chi connectivity index (χ0v) is 13.6. The molecular formula is C18H27NO2. The Bertz CT molecular complexity index is 512. The van der Waals surface area contributed by atoms with Crippen molar-refractivity contribution in [3.63, 3.8) is 0 Å². The Labute approximate surface area is 128 Å². The standard InChI is InChI=1S/C18H27NO2/c1-12-8-9-14(19-4)16(10-12)20-15-7-5-6-13-11-18(2,3)21-17(13)15/h5-7,12,14,16,19H,8-11H2,1-4H3. The highest BCUT2D eigenvalue weighted by Gasteiger charge is 2.34. The zero-order chi connectivity index (χ0) is 15.0. The van der Waals surface area contributed by atoms with E-state index >= 15 is 0 Å². The van der Waals surface area contributed by atoms with Crippen LogP contribution in [0.4, 0.5) is 0 Å². The predicted molar refractivity (Wildman–Crippen MR) is 85.1 cm³/mol. The fourth-order valence-corrected chi connectivity index (χ4v) is 3.63. The number of hydrogen-bond donors (Lipinski definition) is 1. The number of rotatable bonds is 3. The molecule has 21 heavy (non-hydrogen) atoms. The molecule has 1 aromatic carbocycles. The first-order chi connectivity index (χ1) is 9.98. The van der Waals surface area contributed by atoms with Crippen molar-refractivity contribution in [2.24, 2.45) is 5.92 Å². The van der Waals surface area contributed by atoms with Crippen molar-refractivity contribution in [3.05, 3.63) is 23.8 Å². The molecule has 1 N–H and O–H groups in total. The van der Waals surface area contributed by atoms with E-state index in [0.29, 0.717) is 6.04 Å². The number of ether oxygens (including phenoxy) is 2. The summed E-state index contributed by atoms with van der Waals surface area (Å²) in [6, 6.07) is 6.72. The minimum atomic E-state index is -0.121. The van der Waals surface area contributed by atoms with E-state index in [1.165, 1.54) is 18.4 Å². The second-order valence-electron chi connectivity index (χ2n) is 7.25. The monoisotopic (exact) mass is 289 g/mol. The van der Waals surface area contributed by atoms with Crippen molar-refractivity contribution in [3.8, 4) is 11.5 Å². The quantitative estimate of drug-likeness (QED) is 0.923. The highest BCUT2D eigenvalue weighted by Crippen LogP contribution is 2.43. The Kier molecular flexibility index (Phi) is 3.87. The fraction of sp³-hybridized carbons (Fsp3) is 0.667. The third-order valence-electron chi connectivity index (χ3n) is 4.76. The maximum atomic E-state index is 6.38. The Morgan fingerprint density at radius 3 is 2.86 bits per heavy atom. The summed E-state index contributed by atoms with van der Waals surface area (Å²) in [6.45, 7) is 6.59.